The van der Waals surface area contributed by atoms with E-state index in [1.807, 2.05) is 33.8 Å². The third-order valence-corrected chi connectivity index (χ3v) is 1.38. The van der Waals surface area contributed by atoms with Crippen molar-refractivity contribution in [2.24, 2.45) is 0 Å². The molecule has 0 amide bonds. The van der Waals surface area contributed by atoms with Crippen LogP contribution < -0.4 is 0 Å². The molecule has 0 aliphatic rings. The van der Waals surface area contributed by atoms with Crippen molar-refractivity contribution in [3.63, 3.8) is 0 Å². The van der Waals surface area contributed by atoms with Gasteiger partial charge in [0.05, 0.1) is 0 Å². The predicted octanol–water partition coefficient (Wildman–Crippen LogP) is 3.49. The topological polar surface area (TPSA) is 0 Å². The third-order valence-electron chi connectivity index (χ3n) is 0.893. The summed E-state index contributed by atoms with van der Waals surface area (Å²) in [4.78, 5) is 0. The summed E-state index contributed by atoms with van der Waals surface area (Å²) < 4.78 is 0. The number of allylic oxidation sites excluding steroid dienone is 4. The molecule has 0 aromatic heterocycles. The van der Waals surface area contributed by atoms with Crippen molar-refractivity contribution < 1.29 is 0 Å². The average Bonchev–Trinajstić information content (AvgIpc) is 1.63. The zero-order valence-electron chi connectivity index (χ0n) is 6.46. The van der Waals surface area contributed by atoms with E-state index >= 15 is 0 Å². The minimum atomic E-state index is 0.856. The molecule has 1 heteroatoms. The zero-order valence-corrected chi connectivity index (χ0v) is 7.21. The summed E-state index contributed by atoms with van der Waals surface area (Å²) in [6.07, 6.45) is 1.97. The molecule has 0 bridgehead atoms. The van der Waals surface area contributed by atoms with Gasteiger partial charge in [-0.25, -0.2) is 0 Å². The molecule has 0 radical (unpaired) electrons. The van der Waals surface area contributed by atoms with Gasteiger partial charge in [0.1, 0.15) is 0 Å². The van der Waals surface area contributed by atoms with Gasteiger partial charge in [0.2, 0.25) is 0 Å². The normalized spacial score (nSPS) is 8.56. The second-order valence-electron chi connectivity index (χ2n) is 2.57. The third kappa shape index (κ3) is 4.28. The molecule has 0 N–H and O–H groups in total. The summed E-state index contributed by atoms with van der Waals surface area (Å²) in [7, 11) is 0. The summed E-state index contributed by atoms with van der Waals surface area (Å²) in [5, 5.41) is 0.856. The van der Waals surface area contributed by atoms with Crippen molar-refractivity contribution >= 4 is 11.6 Å². The SMILES string of the molecule is CC(C)=CC(Cl)=C(C)C. The van der Waals surface area contributed by atoms with Crippen LogP contribution in [-0.2, 0) is 0 Å². The van der Waals surface area contributed by atoms with E-state index < -0.39 is 0 Å². The maximum Gasteiger partial charge on any atom is 0.0391 e. The van der Waals surface area contributed by atoms with E-state index in [2.05, 4.69) is 0 Å². The zero-order chi connectivity index (χ0) is 7.44. The van der Waals surface area contributed by atoms with E-state index in [1.165, 1.54) is 5.57 Å². The fourth-order valence-electron chi connectivity index (χ4n) is 0.398. The predicted molar refractivity (Wildman–Crippen MR) is 43.7 cm³/mol. The van der Waals surface area contributed by atoms with Gasteiger partial charge in [-0.05, 0) is 33.8 Å². The van der Waals surface area contributed by atoms with E-state index in [1.54, 1.807) is 0 Å². The fourth-order valence-corrected chi connectivity index (χ4v) is 0.616. The van der Waals surface area contributed by atoms with Crippen molar-refractivity contribution in [2.75, 3.05) is 0 Å². The molecule has 0 saturated carbocycles. The summed E-state index contributed by atoms with van der Waals surface area (Å²) in [6.45, 7) is 8.07. The average molecular weight is 145 g/mol. The van der Waals surface area contributed by atoms with Gasteiger partial charge in [-0.3, -0.25) is 0 Å². The van der Waals surface area contributed by atoms with E-state index in [9.17, 15) is 0 Å². The summed E-state index contributed by atoms with van der Waals surface area (Å²) in [5.41, 5.74) is 2.40. The maximum atomic E-state index is 5.81. The summed E-state index contributed by atoms with van der Waals surface area (Å²) in [6, 6.07) is 0. The minimum Gasteiger partial charge on any atom is -0.0844 e. The first-order chi connectivity index (χ1) is 4.04. The minimum absolute atomic E-state index is 0.856. The Morgan fingerprint density at radius 3 is 1.67 bits per heavy atom. The summed E-state index contributed by atoms with van der Waals surface area (Å²) in [5.74, 6) is 0. The van der Waals surface area contributed by atoms with Crippen molar-refractivity contribution in [3.05, 3.63) is 22.3 Å². The Morgan fingerprint density at radius 1 is 1.11 bits per heavy atom. The van der Waals surface area contributed by atoms with Crippen LogP contribution in [-0.4, -0.2) is 0 Å². The molecular formula is C8H13Cl. The van der Waals surface area contributed by atoms with Crippen LogP contribution in [0.15, 0.2) is 22.3 Å². The van der Waals surface area contributed by atoms with Crippen LogP contribution >= 0.6 is 11.6 Å². The van der Waals surface area contributed by atoms with Crippen LogP contribution in [0.4, 0.5) is 0 Å². The second kappa shape index (κ2) is 3.73. The van der Waals surface area contributed by atoms with Crippen LogP contribution in [0.1, 0.15) is 27.7 Å². The Bertz CT molecular complexity index is 144. The van der Waals surface area contributed by atoms with Gasteiger partial charge in [-0.15, -0.1) is 0 Å². The van der Waals surface area contributed by atoms with Gasteiger partial charge in [0.15, 0.2) is 0 Å². The molecule has 0 rings (SSSR count). The van der Waals surface area contributed by atoms with Gasteiger partial charge in [0, 0.05) is 5.03 Å². The van der Waals surface area contributed by atoms with Crippen LogP contribution in [0.5, 0.6) is 0 Å². The van der Waals surface area contributed by atoms with Crippen molar-refractivity contribution in [3.8, 4) is 0 Å². The Balaban J connectivity index is 4.25. The van der Waals surface area contributed by atoms with Crippen LogP contribution in [0.3, 0.4) is 0 Å². The molecule has 0 nitrogen and oxygen atoms in total. The van der Waals surface area contributed by atoms with Crippen molar-refractivity contribution in [2.45, 2.75) is 27.7 Å². The quantitative estimate of drug-likeness (QED) is 0.495. The van der Waals surface area contributed by atoms with Crippen LogP contribution in [0.25, 0.3) is 0 Å². The first-order valence-electron chi connectivity index (χ1n) is 3.02. The van der Waals surface area contributed by atoms with E-state index in [-0.39, 0.29) is 0 Å². The monoisotopic (exact) mass is 144 g/mol. The highest BCUT2D eigenvalue weighted by molar-refractivity contribution is 6.31. The van der Waals surface area contributed by atoms with Crippen molar-refractivity contribution in [1.82, 2.24) is 0 Å². The van der Waals surface area contributed by atoms with E-state index in [0.717, 1.165) is 10.6 Å². The second-order valence-corrected chi connectivity index (χ2v) is 2.98. The lowest BCUT2D eigenvalue weighted by molar-refractivity contribution is 1.33. The van der Waals surface area contributed by atoms with Crippen molar-refractivity contribution in [1.29, 1.82) is 0 Å². The number of rotatable bonds is 1. The van der Waals surface area contributed by atoms with E-state index in [0.29, 0.717) is 0 Å². The molecule has 0 aromatic carbocycles. The number of hydrogen-bond donors (Lipinski definition) is 0. The van der Waals surface area contributed by atoms with Gasteiger partial charge in [-0.2, -0.15) is 0 Å². The molecular weight excluding hydrogens is 132 g/mol. The van der Waals surface area contributed by atoms with Gasteiger partial charge in [-0.1, -0.05) is 22.7 Å². The van der Waals surface area contributed by atoms with Gasteiger partial charge >= 0.3 is 0 Å². The van der Waals surface area contributed by atoms with Crippen LogP contribution in [0, 0.1) is 0 Å². The molecule has 0 saturated heterocycles. The Hall–Kier alpha value is -0.230. The molecule has 52 valence electrons. The van der Waals surface area contributed by atoms with Gasteiger partial charge in [0.25, 0.3) is 0 Å². The lowest BCUT2D eigenvalue weighted by atomic mass is 10.2. The number of halogens is 1. The standard InChI is InChI=1S/C8H13Cl/c1-6(2)5-8(9)7(3)4/h5H,1-4H3. The molecule has 0 heterocycles. The lowest BCUT2D eigenvalue weighted by Crippen LogP contribution is -1.71. The molecule has 0 atom stereocenters. The highest BCUT2D eigenvalue weighted by Gasteiger charge is 1.87. The Kier molecular flexibility index (Phi) is 3.64. The molecule has 9 heavy (non-hydrogen) atoms. The summed E-state index contributed by atoms with van der Waals surface area (Å²) >= 11 is 5.81. The number of hydrogen-bond acceptors (Lipinski definition) is 0. The molecule has 0 aromatic rings. The molecule has 0 aliphatic carbocycles. The fraction of sp³-hybridized carbons (Fsp3) is 0.500. The molecule has 0 unspecified atom stereocenters. The van der Waals surface area contributed by atoms with Gasteiger partial charge < -0.3 is 0 Å². The lowest BCUT2D eigenvalue weighted by Gasteiger charge is -1.92. The maximum absolute atomic E-state index is 5.81. The highest BCUT2D eigenvalue weighted by Crippen LogP contribution is 2.11. The Labute approximate surface area is 62.2 Å². The first-order valence-corrected chi connectivity index (χ1v) is 3.39. The highest BCUT2D eigenvalue weighted by atomic mass is 35.5. The smallest absolute Gasteiger partial charge is 0.0391 e. The molecule has 0 aliphatic heterocycles. The van der Waals surface area contributed by atoms with E-state index in [4.69, 9.17) is 11.6 Å². The van der Waals surface area contributed by atoms with Crippen LogP contribution in [0.2, 0.25) is 0 Å². The molecule has 0 spiro atoms. The first kappa shape index (κ1) is 8.77. The Morgan fingerprint density at radius 2 is 1.56 bits per heavy atom. The largest absolute Gasteiger partial charge is 0.0844 e. The molecule has 0 fully saturated rings.